The summed E-state index contributed by atoms with van der Waals surface area (Å²) in [5.74, 6) is -0.403. The van der Waals surface area contributed by atoms with Crippen LogP contribution in [0, 0.1) is 20.2 Å². The molecular weight excluding hydrogens is 579 g/mol. The molecule has 3 aromatic carbocycles. The van der Waals surface area contributed by atoms with Gasteiger partial charge in [0, 0.05) is 37.4 Å². The topological polar surface area (TPSA) is 177 Å². The van der Waals surface area contributed by atoms with Gasteiger partial charge in [0.25, 0.3) is 11.4 Å². The zero-order valence-corrected chi connectivity index (χ0v) is 23.0. The van der Waals surface area contributed by atoms with Gasteiger partial charge in [-0.25, -0.2) is 0 Å². The normalized spacial score (nSPS) is 14.2. The van der Waals surface area contributed by atoms with E-state index in [1.165, 1.54) is 23.1 Å². The lowest BCUT2D eigenvalue weighted by Gasteiger charge is -2.26. The highest BCUT2D eigenvalue weighted by molar-refractivity contribution is 6.02. The van der Waals surface area contributed by atoms with Gasteiger partial charge in [-0.05, 0) is 30.5 Å². The van der Waals surface area contributed by atoms with Crippen LogP contribution < -0.4 is 9.64 Å². The highest BCUT2D eigenvalue weighted by Crippen LogP contribution is 2.44. The number of alkyl halides is 3. The summed E-state index contributed by atoms with van der Waals surface area (Å²) in [4.78, 5) is 33.8. The van der Waals surface area contributed by atoms with Gasteiger partial charge in [0.2, 0.25) is 0 Å². The number of Topliss-reactive ketones (excluding diaryl/α,β-unsaturated/α-hetero) is 1. The Kier molecular flexibility index (Phi) is 10.0. The van der Waals surface area contributed by atoms with Gasteiger partial charge in [-0.2, -0.15) is 13.2 Å². The second-order valence-electron chi connectivity index (χ2n) is 9.53. The van der Waals surface area contributed by atoms with Crippen molar-refractivity contribution in [1.29, 1.82) is 0 Å². The van der Waals surface area contributed by atoms with Crippen LogP contribution in [0.2, 0.25) is 0 Å². The molecule has 0 spiro atoms. The van der Waals surface area contributed by atoms with E-state index in [2.05, 4.69) is 0 Å². The molecule has 0 saturated heterocycles. The summed E-state index contributed by atoms with van der Waals surface area (Å²) in [6.45, 7) is 4.07. The molecule has 15 heteroatoms. The number of hydrogen-bond donors (Lipinski definition) is 3. The predicted molar refractivity (Wildman–Crippen MR) is 148 cm³/mol. The van der Waals surface area contributed by atoms with E-state index in [-0.39, 0.29) is 59.5 Å². The van der Waals surface area contributed by atoms with Crippen molar-refractivity contribution in [3.8, 4) is 23.0 Å². The van der Waals surface area contributed by atoms with Crippen LogP contribution in [-0.2, 0) is 6.18 Å². The highest BCUT2D eigenvalue weighted by Gasteiger charge is 2.39. The molecule has 0 aromatic heterocycles. The molecule has 0 saturated carbocycles. The third kappa shape index (κ3) is 7.61. The van der Waals surface area contributed by atoms with Crippen LogP contribution in [0.5, 0.6) is 23.0 Å². The zero-order chi connectivity index (χ0) is 32.1. The summed E-state index contributed by atoms with van der Waals surface area (Å²) >= 11 is 0. The molecule has 0 fully saturated rings. The Morgan fingerprint density at radius 2 is 1.44 bits per heavy atom. The molecule has 3 aromatic rings. The number of nitrogens with zero attached hydrogens (tertiary/aromatic N) is 3. The number of fused-ring (bicyclic) bond motifs is 1. The standard InChI is InChI=1S/C15H12O5.C13H16F3N3O4/c16-9-3-1-8(2-4-9)13-7-12(19)15-11(18)5-10(17)6-14(15)20-13;1-3-5-17(6-4-2)12-10(18(20)21)7-9(13(14,15)16)8-11(12)19(22)23/h1-6,13,16-18H,7H2;7-8H,3-6H2,1-2H3/t13-;/m0./s1. The van der Waals surface area contributed by atoms with Gasteiger partial charge in [0.15, 0.2) is 11.5 Å². The summed E-state index contributed by atoms with van der Waals surface area (Å²) < 4.78 is 44.2. The number of ether oxygens (including phenoxy) is 1. The van der Waals surface area contributed by atoms with Gasteiger partial charge in [-0.1, -0.05) is 26.0 Å². The quantitative estimate of drug-likeness (QED) is 0.185. The zero-order valence-electron chi connectivity index (χ0n) is 23.0. The molecule has 12 nitrogen and oxygen atoms in total. The first-order chi connectivity index (χ1) is 20.2. The van der Waals surface area contributed by atoms with Crippen LogP contribution in [0.3, 0.4) is 0 Å². The van der Waals surface area contributed by atoms with E-state index in [0.717, 1.165) is 11.6 Å². The Bertz CT molecular complexity index is 1470. The molecule has 230 valence electrons. The van der Waals surface area contributed by atoms with Crippen molar-refractivity contribution in [3.05, 3.63) is 85.4 Å². The summed E-state index contributed by atoms with van der Waals surface area (Å²) in [7, 11) is 0. The molecule has 0 amide bonds. The second kappa shape index (κ2) is 13.3. The molecule has 1 atom stereocenters. The number of phenols is 3. The van der Waals surface area contributed by atoms with E-state index in [9.17, 15) is 53.5 Å². The number of carbonyl (C=O) groups is 1. The first-order valence-corrected chi connectivity index (χ1v) is 13.0. The fraction of sp³-hybridized carbons (Fsp3) is 0.321. The average molecular weight is 608 g/mol. The van der Waals surface area contributed by atoms with Crippen molar-refractivity contribution >= 4 is 22.8 Å². The van der Waals surface area contributed by atoms with Crippen molar-refractivity contribution in [2.75, 3.05) is 18.0 Å². The maximum Gasteiger partial charge on any atom is 0.416 e. The van der Waals surface area contributed by atoms with E-state index < -0.39 is 39.1 Å². The molecule has 1 aliphatic heterocycles. The molecule has 0 unspecified atom stereocenters. The van der Waals surface area contributed by atoms with Gasteiger partial charge >= 0.3 is 6.18 Å². The van der Waals surface area contributed by atoms with Crippen molar-refractivity contribution < 1.29 is 47.9 Å². The van der Waals surface area contributed by atoms with E-state index in [4.69, 9.17) is 4.74 Å². The monoisotopic (exact) mass is 607 g/mol. The van der Waals surface area contributed by atoms with Crippen LogP contribution in [0.1, 0.15) is 60.7 Å². The number of anilines is 1. The first-order valence-electron chi connectivity index (χ1n) is 13.0. The summed E-state index contributed by atoms with van der Waals surface area (Å²) in [5.41, 5.74) is -2.77. The smallest absolute Gasteiger partial charge is 0.416 e. The number of halogens is 3. The number of rotatable bonds is 8. The summed E-state index contributed by atoms with van der Waals surface area (Å²) in [6.07, 6.45) is -4.24. The fourth-order valence-electron chi connectivity index (χ4n) is 4.55. The van der Waals surface area contributed by atoms with Crippen LogP contribution in [-0.4, -0.2) is 44.0 Å². The molecule has 0 radical (unpaired) electrons. The lowest BCUT2D eigenvalue weighted by molar-refractivity contribution is -0.393. The minimum absolute atomic E-state index is 0.0934. The summed E-state index contributed by atoms with van der Waals surface area (Å²) in [5, 5.41) is 50.8. The van der Waals surface area contributed by atoms with Crippen LogP contribution >= 0.6 is 0 Å². The number of carbonyl (C=O) groups excluding carboxylic acids is 1. The Hall–Kier alpha value is -5.08. The largest absolute Gasteiger partial charge is 0.508 e. The number of ketones is 1. The van der Waals surface area contributed by atoms with Crippen molar-refractivity contribution in [3.63, 3.8) is 0 Å². The van der Waals surface area contributed by atoms with Crippen LogP contribution in [0.4, 0.5) is 30.2 Å². The lowest BCUT2D eigenvalue weighted by atomic mass is 9.95. The maximum atomic E-state index is 12.8. The molecule has 0 aliphatic carbocycles. The molecule has 1 heterocycles. The van der Waals surface area contributed by atoms with E-state index in [1.54, 1.807) is 26.0 Å². The minimum atomic E-state index is -4.91. The molecule has 4 rings (SSSR count). The molecule has 0 bridgehead atoms. The van der Waals surface area contributed by atoms with Gasteiger partial charge in [-0.3, -0.25) is 25.0 Å². The van der Waals surface area contributed by atoms with E-state index >= 15 is 0 Å². The van der Waals surface area contributed by atoms with Gasteiger partial charge in [-0.15, -0.1) is 0 Å². The van der Waals surface area contributed by atoms with Crippen molar-refractivity contribution in [2.24, 2.45) is 0 Å². The SMILES string of the molecule is CCCN(CCC)c1c([N+](=O)[O-])cc(C(F)(F)F)cc1[N+](=O)[O-].O=C1C[C@@H](c2ccc(O)cc2)Oc2cc(O)cc(O)c21. The number of nitro groups is 2. The number of benzene rings is 3. The predicted octanol–water partition coefficient (Wildman–Crippen LogP) is 6.66. The van der Waals surface area contributed by atoms with Crippen LogP contribution in [0.15, 0.2) is 48.5 Å². The number of aromatic hydroxyl groups is 3. The molecule has 3 N–H and O–H groups in total. The molecule has 43 heavy (non-hydrogen) atoms. The Morgan fingerprint density at radius 3 is 1.91 bits per heavy atom. The van der Waals surface area contributed by atoms with Gasteiger partial charge in [0.05, 0.1) is 21.8 Å². The Labute approximate surface area is 242 Å². The Balaban J connectivity index is 0.000000237. The first kappa shape index (κ1) is 32.4. The third-order valence-corrected chi connectivity index (χ3v) is 6.34. The van der Waals surface area contributed by atoms with Crippen LogP contribution in [0.25, 0.3) is 0 Å². The van der Waals surface area contributed by atoms with E-state index in [0.29, 0.717) is 25.0 Å². The number of nitro benzene ring substituents is 2. The van der Waals surface area contributed by atoms with E-state index in [1.807, 2.05) is 0 Å². The second-order valence-corrected chi connectivity index (χ2v) is 9.53. The highest BCUT2D eigenvalue weighted by atomic mass is 19.4. The number of phenolic OH excluding ortho intramolecular Hbond substituents is 3. The van der Waals surface area contributed by atoms with Crippen molar-refractivity contribution in [2.45, 2.75) is 45.4 Å². The average Bonchev–Trinajstić information content (AvgIpc) is 2.91. The molecule has 1 aliphatic rings. The maximum absolute atomic E-state index is 12.8. The number of hydrogen-bond acceptors (Lipinski definition) is 10. The van der Waals surface area contributed by atoms with Gasteiger partial charge in [0.1, 0.15) is 34.7 Å². The minimum Gasteiger partial charge on any atom is -0.508 e. The Morgan fingerprint density at radius 1 is 0.907 bits per heavy atom. The van der Waals surface area contributed by atoms with Crippen molar-refractivity contribution in [1.82, 2.24) is 0 Å². The lowest BCUT2D eigenvalue weighted by Crippen LogP contribution is -2.27. The van der Waals surface area contributed by atoms with Gasteiger partial charge < -0.3 is 25.0 Å². The third-order valence-electron chi connectivity index (χ3n) is 6.34. The summed E-state index contributed by atoms with van der Waals surface area (Å²) in [6, 6.07) is 9.47. The fourth-order valence-corrected chi connectivity index (χ4v) is 4.55. The molecular formula is C28H28F3N3O9.